The van der Waals surface area contributed by atoms with Crippen LogP contribution in [-0.2, 0) is 6.54 Å². The molecule has 1 fully saturated rings. The molecule has 1 aliphatic rings. The molecule has 0 spiro atoms. The summed E-state index contributed by atoms with van der Waals surface area (Å²) in [6.07, 6.45) is 7.89. The van der Waals surface area contributed by atoms with E-state index in [1.54, 1.807) is 0 Å². The molecule has 1 heterocycles. The monoisotopic (exact) mass is 176 g/mol. The van der Waals surface area contributed by atoms with Gasteiger partial charge < -0.3 is 5.32 Å². The standard InChI is InChI=1S/C11H16N2/c1-9-5-6-12-7-10(9)8-13-11-3-2-4-11/h5-7,11,13H,2-4,8H2,1H3. The fourth-order valence-electron chi connectivity index (χ4n) is 1.55. The number of aryl methyl sites for hydroxylation is 1. The van der Waals surface area contributed by atoms with Gasteiger partial charge in [0.05, 0.1) is 0 Å². The molecule has 0 saturated heterocycles. The molecule has 0 aliphatic heterocycles. The predicted molar refractivity (Wildman–Crippen MR) is 53.5 cm³/mol. The highest BCUT2D eigenvalue weighted by Gasteiger charge is 2.16. The lowest BCUT2D eigenvalue weighted by Crippen LogP contribution is -2.34. The van der Waals surface area contributed by atoms with Crippen LogP contribution in [0, 0.1) is 6.92 Å². The molecule has 1 aromatic rings. The van der Waals surface area contributed by atoms with Crippen molar-refractivity contribution in [2.75, 3.05) is 0 Å². The van der Waals surface area contributed by atoms with Crippen LogP contribution in [-0.4, -0.2) is 11.0 Å². The van der Waals surface area contributed by atoms with Crippen LogP contribution in [0.1, 0.15) is 30.4 Å². The van der Waals surface area contributed by atoms with Gasteiger partial charge in [-0.15, -0.1) is 0 Å². The van der Waals surface area contributed by atoms with Gasteiger partial charge in [0.15, 0.2) is 0 Å². The van der Waals surface area contributed by atoms with Gasteiger partial charge in [-0.3, -0.25) is 4.98 Å². The average Bonchev–Trinajstić information content (AvgIpc) is 2.05. The smallest absolute Gasteiger partial charge is 0.0315 e. The number of hydrogen-bond donors (Lipinski definition) is 1. The number of nitrogens with one attached hydrogen (secondary N) is 1. The van der Waals surface area contributed by atoms with E-state index in [-0.39, 0.29) is 0 Å². The van der Waals surface area contributed by atoms with Crippen molar-refractivity contribution in [3.63, 3.8) is 0 Å². The van der Waals surface area contributed by atoms with Crippen LogP contribution in [0.4, 0.5) is 0 Å². The van der Waals surface area contributed by atoms with E-state index in [9.17, 15) is 0 Å². The summed E-state index contributed by atoms with van der Waals surface area (Å²) in [6.45, 7) is 3.11. The molecule has 0 radical (unpaired) electrons. The minimum Gasteiger partial charge on any atom is -0.310 e. The molecule has 13 heavy (non-hydrogen) atoms. The summed E-state index contributed by atoms with van der Waals surface area (Å²) in [7, 11) is 0. The van der Waals surface area contributed by atoms with Crippen LogP contribution in [0.15, 0.2) is 18.5 Å². The molecule has 0 aromatic carbocycles. The van der Waals surface area contributed by atoms with Crippen LogP contribution in [0.3, 0.4) is 0 Å². The average molecular weight is 176 g/mol. The zero-order chi connectivity index (χ0) is 9.10. The first-order chi connectivity index (χ1) is 6.36. The number of pyridine rings is 1. The van der Waals surface area contributed by atoms with Gasteiger partial charge in [-0.2, -0.15) is 0 Å². The fraction of sp³-hybridized carbons (Fsp3) is 0.545. The van der Waals surface area contributed by atoms with E-state index in [1.165, 1.54) is 30.4 Å². The van der Waals surface area contributed by atoms with Gasteiger partial charge in [0.1, 0.15) is 0 Å². The molecule has 1 aromatic heterocycles. The Morgan fingerprint density at radius 2 is 2.38 bits per heavy atom. The second-order valence-corrected chi connectivity index (χ2v) is 3.81. The van der Waals surface area contributed by atoms with E-state index in [2.05, 4.69) is 23.3 Å². The molecule has 1 saturated carbocycles. The van der Waals surface area contributed by atoms with Crippen LogP contribution >= 0.6 is 0 Å². The number of hydrogen-bond acceptors (Lipinski definition) is 2. The number of nitrogens with zero attached hydrogens (tertiary/aromatic N) is 1. The first-order valence-electron chi connectivity index (χ1n) is 4.99. The van der Waals surface area contributed by atoms with Crippen molar-refractivity contribution >= 4 is 0 Å². The van der Waals surface area contributed by atoms with Gasteiger partial charge in [-0.05, 0) is 37.0 Å². The minimum absolute atomic E-state index is 0.764. The molecule has 0 amide bonds. The highest BCUT2D eigenvalue weighted by molar-refractivity contribution is 5.21. The Hall–Kier alpha value is -0.890. The van der Waals surface area contributed by atoms with Gasteiger partial charge in [0.25, 0.3) is 0 Å². The second-order valence-electron chi connectivity index (χ2n) is 3.81. The van der Waals surface area contributed by atoms with Crippen molar-refractivity contribution in [3.05, 3.63) is 29.6 Å². The maximum atomic E-state index is 4.13. The maximum Gasteiger partial charge on any atom is 0.0315 e. The van der Waals surface area contributed by atoms with E-state index in [4.69, 9.17) is 0 Å². The Labute approximate surface area is 79.4 Å². The summed E-state index contributed by atoms with van der Waals surface area (Å²) in [5.41, 5.74) is 2.66. The molecule has 0 atom stereocenters. The van der Waals surface area contributed by atoms with Gasteiger partial charge in [-0.1, -0.05) is 6.42 Å². The van der Waals surface area contributed by atoms with E-state index in [0.717, 1.165) is 12.6 Å². The van der Waals surface area contributed by atoms with Crippen molar-refractivity contribution in [3.8, 4) is 0 Å². The SMILES string of the molecule is Cc1ccncc1CNC1CCC1. The zero-order valence-corrected chi connectivity index (χ0v) is 8.09. The lowest BCUT2D eigenvalue weighted by atomic mass is 9.93. The predicted octanol–water partition coefficient (Wildman–Crippen LogP) is 2.03. The Balaban J connectivity index is 1.89. The molecule has 1 N–H and O–H groups in total. The highest BCUT2D eigenvalue weighted by atomic mass is 14.9. The summed E-state index contributed by atoms with van der Waals surface area (Å²) < 4.78 is 0. The van der Waals surface area contributed by atoms with Crippen LogP contribution in [0.2, 0.25) is 0 Å². The highest BCUT2D eigenvalue weighted by Crippen LogP contribution is 2.18. The van der Waals surface area contributed by atoms with E-state index < -0.39 is 0 Å². The molecule has 0 bridgehead atoms. The van der Waals surface area contributed by atoms with Gasteiger partial charge in [0.2, 0.25) is 0 Å². The van der Waals surface area contributed by atoms with E-state index >= 15 is 0 Å². The van der Waals surface area contributed by atoms with Crippen molar-refractivity contribution < 1.29 is 0 Å². The zero-order valence-electron chi connectivity index (χ0n) is 8.09. The van der Waals surface area contributed by atoms with Crippen molar-refractivity contribution in [1.29, 1.82) is 0 Å². The second kappa shape index (κ2) is 3.88. The van der Waals surface area contributed by atoms with Crippen molar-refractivity contribution in [2.45, 2.75) is 38.8 Å². The van der Waals surface area contributed by atoms with E-state index in [1.807, 2.05) is 12.4 Å². The lowest BCUT2D eigenvalue weighted by molar-refractivity contribution is 0.338. The molecule has 2 rings (SSSR count). The molecule has 2 nitrogen and oxygen atoms in total. The summed E-state index contributed by atoms with van der Waals surface area (Å²) >= 11 is 0. The summed E-state index contributed by atoms with van der Waals surface area (Å²) in [4.78, 5) is 4.13. The molecule has 0 unspecified atom stereocenters. The third-order valence-corrected chi connectivity index (χ3v) is 2.83. The fourth-order valence-corrected chi connectivity index (χ4v) is 1.55. The van der Waals surface area contributed by atoms with Crippen LogP contribution < -0.4 is 5.32 Å². The summed E-state index contributed by atoms with van der Waals surface area (Å²) in [5.74, 6) is 0. The van der Waals surface area contributed by atoms with Gasteiger partial charge in [0, 0.05) is 25.0 Å². The topological polar surface area (TPSA) is 24.9 Å². The van der Waals surface area contributed by atoms with Crippen molar-refractivity contribution in [1.82, 2.24) is 10.3 Å². The lowest BCUT2D eigenvalue weighted by Gasteiger charge is -2.26. The third kappa shape index (κ3) is 2.07. The normalized spacial score (nSPS) is 17.0. The summed E-state index contributed by atoms with van der Waals surface area (Å²) in [6, 6.07) is 2.83. The Morgan fingerprint density at radius 3 is 3.00 bits per heavy atom. The number of rotatable bonds is 3. The maximum absolute atomic E-state index is 4.13. The molecular weight excluding hydrogens is 160 g/mol. The van der Waals surface area contributed by atoms with E-state index in [0.29, 0.717) is 0 Å². The van der Waals surface area contributed by atoms with Crippen molar-refractivity contribution in [2.24, 2.45) is 0 Å². The first kappa shape index (κ1) is 8.70. The van der Waals surface area contributed by atoms with Crippen LogP contribution in [0.25, 0.3) is 0 Å². The van der Waals surface area contributed by atoms with Gasteiger partial charge >= 0.3 is 0 Å². The molecular formula is C11H16N2. The van der Waals surface area contributed by atoms with Crippen LogP contribution in [0.5, 0.6) is 0 Å². The quantitative estimate of drug-likeness (QED) is 0.762. The minimum atomic E-state index is 0.764. The van der Waals surface area contributed by atoms with Gasteiger partial charge in [-0.25, -0.2) is 0 Å². The summed E-state index contributed by atoms with van der Waals surface area (Å²) in [5, 5.41) is 3.54. The largest absolute Gasteiger partial charge is 0.310 e. The number of aromatic nitrogens is 1. The Bertz CT molecular complexity index is 279. The molecule has 1 aliphatic carbocycles. The Morgan fingerprint density at radius 1 is 1.54 bits per heavy atom. The Kier molecular flexibility index (Phi) is 2.60. The molecule has 70 valence electrons. The first-order valence-corrected chi connectivity index (χ1v) is 4.99. The third-order valence-electron chi connectivity index (χ3n) is 2.83. The molecule has 2 heteroatoms.